The number of methoxy groups -OCH3 is 1. The van der Waals surface area contributed by atoms with Gasteiger partial charge in [0, 0.05) is 12.0 Å². The van der Waals surface area contributed by atoms with Crippen LogP contribution in [0.3, 0.4) is 0 Å². The Bertz CT molecular complexity index is 602. The molecule has 1 fully saturated rings. The normalized spacial score (nSPS) is 17.5. The van der Waals surface area contributed by atoms with Crippen LogP contribution in [-0.4, -0.2) is 16.9 Å². The van der Waals surface area contributed by atoms with Crippen molar-refractivity contribution in [3.05, 3.63) is 47.8 Å². The summed E-state index contributed by atoms with van der Waals surface area (Å²) in [4.78, 5) is 0. The van der Waals surface area contributed by atoms with E-state index in [1.54, 1.807) is 13.3 Å². The van der Waals surface area contributed by atoms with Gasteiger partial charge in [0.2, 0.25) is 0 Å². The Balaban J connectivity index is 1.99. The number of hydrogen-bond donors (Lipinski definition) is 1. The van der Waals surface area contributed by atoms with Gasteiger partial charge >= 0.3 is 0 Å². The number of nitrogens with zero attached hydrogens (tertiary/aromatic N) is 2. The molecular weight excluding hydrogens is 262 g/mol. The molecule has 4 heteroatoms. The number of aryl methyl sites for hydroxylation is 1. The second kappa shape index (κ2) is 5.53. The molecule has 0 aliphatic heterocycles. The predicted octanol–water partition coefficient (Wildman–Crippen LogP) is 3.03. The minimum Gasteiger partial charge on any atom is -0.493 e. The van der Waals surface area contributed by atoms with Crippen LogP contribution in [0.4, 0.5) is 0 Å². The molecule has 1 aliphatic carbocycles. The van der Waals surface area contributed by atoms with Gasteiger partial charge in [-0.2, -0.15) is 5.10 Å². The molecule has 21 heavy (non-hydrogen) atoms. The molecule has 112 valence electrons. The van der Waals surface area contributed by atoms with Crippen molar-refractivity contribution >= 4 is 0 Å². The highest BCUT2D eigenvalue weighted by Crippen LogP contribution is 2.56. The molecule has 1 saturated carbocycles. The standard InChI is InChI=1S/C17H23N3O/c1-3-11-20-15(14(21-2)12-19-20)16(18)17(9-10-17)13-7-5-4-6-8-13/h4-8,12,16H,3,9-11,18H2,1-2H3. The number of rotatable bonds is 6. The average molecular weight is 285 g/mol. The summed E-state index contributed by atoms with van der Waals surface area (Å²) in [6.07, 6.45) is 5.06. The highest BCUT2D eigenvalue weighted by Gasteiger charge is 2.51. The summed E-state index contributed by atoms with van der Waals surface area (Å²) in [6, 6.07) is 10.5. The molecule has 1 unspecified atom stereocenters. The summed E-state index contributed by atoms with van der Waals surface area (Å²) in [5.74, 6) is 0.804. The molecule has 1 aromatic carbocycles. The molecule has 2 N–H and O–H groups in total. The molecule has 3 rings (SSSR count). The van der Waals surface area contributed by atoms with Crippen LogP contribution in [0.25, 0.3) is 0 Å². The lowest BCUT2D eigenvalue weighted by Gasteiger charge is -2.25. The topological polar surface area (TPSA) is 53.1 Å². The Morgan fingerprint density at radius 3 is 2.62 bits per heavy atom. The SMILES string of the molecule is CCCn1ncc(OC)c1C(N)C1(c2ccccc2)CC1. The Morgan fingerprint density at radius 1 is 1.33 bits per heavy atom. The van der Waals surface area contributed by atoms with Gasteiger partial charge in [0.05, 0.1) is 25.0 Å². The molecule has 1 aromatic heterocycles. The molecule has 1 aliphatic rings. The molecular formula is C17H23N3O. The van der Waals surface area contributed by atoms with E-state index >= 15 is 0 Å². The zero-order valence-electron chi connectivity index (χ0n) is 12.7. The summed E-state index contributed by atoms with van der Waals surface area (Å²) >= 11 is 0. The number of nitrogens with two attached hydrogens (primary N) is 1. The minimum atomic E-state index is -0.0797. The largest absolute Gasteiger partial charge is 0.493 e. The fraction of sp³-hybridized carbons (Fsp3) is 0.471. The van der Waals surface area contributed by atoms with Crippen molar-refractivity contribution in [1.29, 1.82) is 0 Å². The van der Waals surface area contributed by atoms with E-state index in [2.05, 4.69) is 36.3 Å². The van der Waals surface area contributed by atoms with Crippen molar-refractivity contribution in [2.24, 2.45) is 5.73 Å². The molecule has 0 amide bonds. The zero-order valence-corrected chi connectivity index (χ0v) is 12.7. The molecule has 0 radical (unpaired) electrons. The first-order valence-corrected chi connectivity index (χ1v) is 7.63. The monoisotopic (exact) mass is 285 g/mol. The van der Waals surface area contributed by atoms with Crippen LogP contribution in [0, 0.1) is 0 Å². The predicted molar refractivity (Wildman–Crippen MR) is 83.4 cm³/mol. The van der Waals surface area contributed by atoms with Crippen LogP contribution in [0.2, 0.25) is 0 Å². The van der Waals surface area contributed by atoms with Gasteiger partial charge in [0.15, 0.2) is 5.75 Å². The first-order valence-electron chi connectivity index (χ1n) is 7.63. The summed E-state index contributed by atoms with van der Waals surface area (Å²) in [5, 5.41) is 4.44. The van der Waals surface area contributed by atoms with Crippen molar-refractivity contribution in [2.45, 2.75) is 44.2 Å². The van der Waals surface area contributed by atoms with Crippen molar-refractivity contribution in [3.8, 4) is 5.75 Å². The maximum absolute atomic E-state index is 6.68. The van der Waals surface area contributed by atoms with Gasteiger partial charge in [-0.05, 0) is 24.8 Å². The maximum atomic E-state index is 6.68. The maximum Gasteiger partial charge on any atom is 0.161 e. The Morgan fingerprint density at radius 2 is 2.05 bits per heavy atom. The van der Waals surface area contributed by atoms with Gasteiger partial charge < -0.3 is 10.5 Å². The lowest BCUT2D eigenvalue weighted by molar-refractivity contribution is 0.389. The fourth-order valence-corrected chi connectivity index (χ4v) is 3.18. The highest BCUT2D eigenvalue weighted by molar-refractivity contribution is 5.40. The molecule has 0 saturated heterocycles. The van der Waals surface area contributed by atoms with E-state index < -0.39 is 0 Å². The molecule has 1 atom stereocenters. The third-order valence-corrected chi connectivity index (χ3v) is 4.53. The van der Waals surface area contributed by atoms with Crippen LogP contribution < -0.4 is 10.5 Å². The molecule has 0 spiro atoms. The molecule has 4 nitrogen and oxygen atoms in total. The van der Waals surface area contributed by atoms with Crippen molar-refractivity contribution < 1.29 is 4.74 Å². The van der Waals surface area contributed by atoms with E-state index in [1.807, 2.05) is 10.7 Å². The highest BCUT2D eigenvalue weighted by atomic mass is 16.5. The summed E-state index contributed by atoms with van der Waals surface area (Å²) in [5.41, 5.74) is 9.07. The molecule has 2 aromatic rings. The van der Waals surface area contributed by atoms with Crippen LogP contribution >= 0.6 is 0 Å². The lowest BCUT2D eigenvalue weighted by atomic mass is 9.86. The van der Waals surface area contributed by atoms with Crippen molar-refractivity contribution in [1.82, 2.24) is 9.78 Å². The number of benzene rings is 1. The van der Waals surface area contributed by atoms with Gasteiger partial charge in [0.25, 0.3) is 0 Å². The number of aromatic nitrogens is 2. The average Bonchev–Trinajstić information content (AvgIpc) is 3.24. The van der Waals surface area contributed by atoms with E-state index in [9.17, 15) is 0 Å². The van der Waals surface area contributed by atoms with E-state index in [-0.39, 0.29) is 11.5 Å². The molecule has 1 heterocycles. The van der Waals surface area contributed by atoms with Crippen LogP contribution in [-0.2, 0) is 12.0 Å². The lowest BCUT2D eigenvalue weighted by Crippen LogP contribution is -2.29. The van der Waals surface area contributed by atoms with Gasteiger partial charge in [-0.15, -0.1) is 0 Å². The Hall–Kier alpha value is -1.81. The third-order valence-electron chi connectivity index (χ3n) is 4.53. The van der Waals surface area contributed by atoms with E-state index in [4.69, 9.17) is 10.5 Å². The third kappa shape index (κ3) is 2.33. The first kappa shape index (κ1) is 14.1. The number of hydrogen-bond acceptors (Lipinski definition) is 3. The smallest absolute Gasteiger partial charge is 0.161 e. The quantitative estimate of drug-likeness (QED) is 0.887. The van der Waals surface area contributed by atoms with Crippen molar-refractivity contribution in [3.63, 3.8) is 0 Å². The van der Waals surface area contributed by atoms with Crippen LogP contribution in [0.1, 0.15) is 43.5 Å². The number of ether oxygens (including phenoxy) is 1. The zero-order chi connectivity index (χ0) is 14.9. The Labute approximate surface area is 125 Å². The fourth-order valence-electron chi connectivity index (χ4n) is 3.18. The van der Waals surface area contributed by atoms with E-state index in [0.29, 0.717) is 0 Å². The summed E-state index contributed by atoms with van der Waals surface area (Å²) < 4.78 is 7.50. The van der Waals surface area contributed by atoms with Gasteiger partial charge in [-0.3, -0.25) is 4.68 Å². The van der Waals surface area contributed by atoms with Gasteiger partial charge in [-0.1, -0.05) is 37.3 Å². The van der Waals surface area contributed by atoms with E-state index in [0.717, 1.165) is 37.3 Å². The second-order valence-electron chi connectivity index (χ2n) is 5.82. The second-order valence-corrected chi connectivity index (χ2v) is 5.82. The summed E-state index contributed by atoms with van der Waals surface area (Å²) in [6.45, 7) is 3.02. The minimum absolute atomic E-state index is 0.0417. The van der Waals surface area contributed by atoms with E-state index in [1.165, 1.54) is 5.56 Å². The van der Waals surface area contributed by atoms with Gasteiger partial charge in [0.1, 0.15) is 0 Å². The van der Waals surface area contributed by atoms with Crippen LogP contribution in [0.5, 0.6) is 5.75 Å². The van der Waals surface area contributed by atoms with Crippen LogP contribution in [0.15, 0.2) is 36.5 Å². The molecule has 0 bridgehead atoms. The van der Waals surface area contributed by atoms with Gasteiger partial charge in [-0.25, -0.2) is 0 Å². The summed E-state index contributed by atoms with van der Waals surface area (Å²) in [7, 11) is 1.69. The Kier molecular flexibility index (Phi) is 3.72. The van der Waals surface area contributed by atoms with Crippen molar-refractivity contribution in [2.75, 3.05) is 7.11 Å². The first-order chi connectivity index (χ1) is 10.2.